The molecule has 1 aromatic carbocycles. The molecule has 3 atom stereocenters. The van der Waals surface area contributed by atoms with Crippen LogP contribution in [-0.2, 0) is 9.53 Å². The van der Waals surface area contributed by atoms with Gasteiger partial charge in [-0.15, -0.1) is 0 Å². The zero-order valence-electron chi connectivity index (χ0n) is 15.5. The van der Waals surface area contributed by atoms with Crippen molar-refractivity contribution in [1.29, 1.82) is 0 Å². The first-order chi connectivity index (χ1) is 12.9. The number of aliphatic hydroxyl groups excluding tert-OH is 1. The summed E-state index contributed by atoms with van der Waals surface area (Å²) in [6.45, 7) is 4.43. The Morgan fingerprint density at radius 3 is 2.70 bits per heavy atom. The molecule has 1 aliphatic rings. The fourth-order valence-electron chi connectivity index (χ4n) is 3.09. The molecule has 0 aliphatic carbocycles. The van der Waals surface area contributed by atoms with Gasteiger partial charge >= 0.3 is 0 Å². The molecule has 3 N–H and O–H groups in total. The lowest BCUT2D eigenvalue weighted by atomic mass is 10.0. The molecule has 2 heterocycles. The van der Waals surface area contributed by atoms with E-state index in [0.717, 1.165) is 10.9 Å². The van der Waals surface area contributed by atoms with Crippen LogP contribution >= 0.6 is 0 Å². The van der Waals surface area contributed by atoms with Crippen LogP contribution in [0.2, 0.25) is 0 Å². The average Bonchev–Trinajstić information content (AvgIpc) is 3.05. The molecule has 2 aromatic rings. The number of pyridine rings is 1. The zero-order chi connectivity index (χ0) is 19.4. The summed E-state index contributed by atoms with van der Waals surface area (Å²) in [4.78, 5) is 29.7. The van der Waals surface area contributed by atoms with E-state index in [1.807, 2.05) is 44.2 Å². The number of rotatable bonds is 6. The summed E-state index contributed by atoms with van der Waals surface area (Å²) in [6, 6.07) is 9.85. The second kappa shape index (κ2) is 8.45. The molecular weight excluding hydrogens is 346 g/mol. The van der Waals surface area contributed by atoms with Crippen LogP contribution in [0.1, 0.15) is 30.8 Å². The highest BCUT2D eigenvalue weighted by Crippen LogP contribution is 2.13. The number of aromatic nitrogens is 1. The molecule has 27 heavy (non-hydrogen) atoms. The predicted octanol–water partition coefficient (Wildman–Crippen LogP) is 1.26. The Morgan fingerprint density at radius 2 is 2.00 bits per heavy atom. The highest BCUT2D eigenvalue weighted by molar-refractivity contribution is 5.97. The third-order valence-electron chi connectivity index (χ3n) is 4.54. The van der Waals surface area contributed by atoms with Crippen LogP contribution in [0.5, 0.6) is 0 Å². The number of fused-ring (bicyclic) bond motifs is 1. The second-order valence-corrected chi connectivity index (χ2v) is 7.26. The van der Waals surface area contributed by atoms with E-state index in [1.54, 1.807) is 6.07 Å². The van der Waals surface area contributed by atoms with Gasteiger partial charge in [-0.3, -0.25) is 9.59 Å². The van der Waals surface area contributed by atoms with Crippen LogP contribution in [-0.4, -0.2) is 53.3 Å². The van der Waals surface area contributed by atoms with Crippen molar-refractivity contribution in [3.05, 3.63) is 42.1 Å². The van der Waals surface area contributed by atoms with Gasteiger partial charge in [0.05, 0.1) is 30.9 Å². The molecule has 0 spiro atoms. The van der Waals surface area contributed by atoms with Gasteiger partial charge in [0, 0.05) is 5.39 Å². The van der Waals surface area contributed by atoms with Crippen molar-refractivity contribution in [1.82, 2.24) is 15.6 Å². The normalized spacial score (nSPS) is 20.6. The van der Waals surface area contributed by atoms with Crippen LogP contribution < -0.4 is 10.6 Å². The van der Waals surface area contributed by atoms with E-state index in [9.17, 15) is 14.7 Å². The number of nitrogens with zero attached hydrogens (tertiary/aromatic N) is 1. The van der Waals surface area contributed by atoms with Crippen molar-refractivity contribution in [3.63, 3.8) is 0 Å². The third-order valence-corrected chi connectivity index (χ3v) is 4.54. The van der Waals surface area contributed by atoms with Gasteiger partial charge in [-0.05, 0) is 24.5 Å². The third kappa shape index (κ3) is 4.81. The van der Waals surface area contributed by atoms with Crippen molar-refractivity contribution >= 4 is 22.7 Å². The molecule has 1 saturated heterocycles. The molecule has 144 valence electrons. The molecule has 7 heteroatoms. The minimum Gasteiger partial charge on any atom is -0.388 e. The molecular formula is C20H25N3O4. The SMILES string of the molecule is CC(C)C[C@H](NC(=O)c1ccc2ccccc2n1)C(=O)NC1COCC1O. The Morgan fingerprint density at radius 1 is 1.22 bits per heavy atom. The standard InChI is InChI=1S/C20H25N3O4/c1-12(2)9-16(20(26)23-17-10-27-11-18(17)24)22-19(25)15-8-7-13-5-3-4-6-14(13)21-15/h3-8,12,16-18,24H,9-11H2,1-2H3,(H,22,25)(H,23,26)/t16-,17?,18?/m0/s1. The monoisotopic (exact) mass is 371 g/mol. The van der Waals surface area contributed by atoms with Crippen LogP contribution in [0.15, 0.2) is 36.4 Å². The number of ether oxygens (including phenoxy) is 1. The van der Waals surface area contributed by atoms with E-state index in [2.05, 4.69) is 15.6 Å². The average molecular weight is 371 g/mol. The maximum Gasteiger partial charge on any atom is 0.270 e. The first-order valence-electron chi connectivity index (χ1n) is 9.17. The Kier molecular flexibility index (Phi) is 6.03. The number of nitrogens with one attached hydrogen (secondary N) is 2. The molecule has 3 rings (SSSR count). The molecule has 2 amide bonds. The number of carbonyl (C=O) groups is 2. The number of hydrogen-bond donors (Lipinski definition) is 3. The number of amides is 2. The van der Waals surface area contributed by atoms with Crippen molar-refractivity contribution in [3.8, 4) is 0 Å². The van der Waals surface area contributed by atoms with Gasteiger partial charge in [-0.25, -0.2) is 4.98 Å². The minimum absolute atomic E-state index is 0.202. The van der Waals surface area contributed by atoms with Crippen LogP contribution in [0.3, 0.4) is 0 Å². The molecule has 1 fully saturated rings. The Hall–Kier alpha value is -2.51. The second-order valence-electron chi connectivity index (χ2n) is 7.26. The minimum atomic E-state index is -0.730. The summed E-state index contributed by atoms with van der Waals surface area (Å²) in [5.41, 5.74) is 0.987. The number of para-hydroxylation sites is 1. The Balaban J connectivity index is 1.72. The predicted molar refractivity (Wildman–Crippen MR) is 101 cm³/mol. The van der Waals surface area contributed by atoms with Crippen LogP contribution in [0.4, 0.5) is 0 Å². The lowest BCUT2D eigenvalue weighted by Crippen LogP contribution is -2.52. The van der Waals surface area contributed by atoms with Gasteiger partial charge in [0.1, 0.15) is 11.7 Å². The zero-order valence-corrected chi connectivity index (χ0v) is 15.5. The molecule has 7 nitrogen and oxygen atoms in total. The number of benzene rings is 1. The summed E-state index contributed by atoms with van der Waals surface area (Å²) >= 11 is 0. The van der Waals surface area contributed by atoms with Gasteiger partial charge in [0.15, 0.2) is 0 Å². The Labute approximate surface area is 158 Å². The highest BCUT2D eigenvalue weighted by Gasteiger charge is 2.31. The van der Waals surface area contributed by atoms with Crippen molar-refractivity contribution in [2.75, 3.05) is 13.2 Å². The first-order valence-corrected chi connectivity index (χ1v) is 9.17. The topological polar surface area (TPSA) is 101 Å². The van der Waals surface area contributed by atoms with E-state index < -0.39 is 24.1 Å². The van der Waals surface area contributed by atoms with Crippen LogP contribution in [0.25, 0.3) is 10.9 Å². The van der Waals surface area contributed by atoms with E-state index in [0.29, 0.717) is 6.42 Å². The first kappa shape index (κ1) is 19.3. The maximum atomic E-state index is 12.7. The smallest absolute Gasteiger partial charge is 0.270 e. The number of aliphatic hydroxyl groups is 1. The molecule has 0 radical (unpaired) electrons. The molecule has 0 saturated carbocycles. The molecule has 2 unspecified atom stereocenters. The van der Waals surface area contributed by atoms with Crippen LogP contribution in [0, 0.1) is 5.92 Å². The van der Waals surface area contributed by atoms with Crippen molar-refractivity contribution in [2.24, 2.45) is 5.92 Å². The largest absolute Gasteiger partial charge is 0.388 e. The van der Waals surface area contributed by atoms with E-state index in [-0.39, 0.29) is 30.7 Å². The van der Waals surface area contributed by atoms with Gasteiger partial charge in [-0.1, -0.05) is 38.1 Å². The summed E-state index contributed by atoms with van der Waals surface area (Å²) in [5.74, 6) is -0.521. The summed E-state index contributed by atoms with van der Waals surface area (Å²) in [5, 5.41) is 16.3. The van der Waals surface area contributed by atoms with Gasteiger partial charge < -0.3 is 20.5 Å². The van der Waals surface area contributed by atoms with Crippen molar-refractivity contribution < 1.29 is 19.4 Å². The Bertz CT molecular complexity index is 824. The highest BCUT2D eigenvalue weighted by atomic mass is 16.5. The van der Waals surface area contributed by atoms with Crippen molar-refractivity contribution in [2.45, 2.75) is 38.5 Å². The fourth-order valence-corrected chi connectivity index (χ4v) is 3.09. The summed E-state index contributed by atoms with van der Waals surface area (Å²) < 4.78 is 5.16. The molecule has 1 aromatic heterocycles. The quantitative estimate of drug-likeness (QED) is 0.710. The fraction of sp³-hybridized carbons (Fsp3) is 0.450. The van der Waals surface area contributed by atoms with Gasteiger partial charge in [0.25, 0.3) is 5.91 Å². The summed E-state index contributed by atoms with van der Waals surface area (Å²) in [6.07, 6.45) is -0.249. The van der Waals surface area contributed by atoms with E-state index in [4.69, 9.17) is 4.74 Å². The summed E-state index contributed by atoms with van der Waals surface area (Å²) in [7, 11) is 0. The number of carbonyl (C=O) groups excluding carboxylic acids is 2. The molecule has 0 bridgehead atoms. The lowest BCUT2D eigenvalue weighted by Gasteiger charge is -2.23. The van der Waals surface area contributed by atoms with E-state index >= 15 is 0 Å². The number of hydrogen-bond acceptors (Lipinski definition) is 5. The lowest BCUT2D eigenvalue weighted by molar-refractivity contribution is -0.124. The molecule has 1 aliphatic heterocycles. The maximum absolute atomic E-state index is 12.7. The van der Waals surface area contributed by atoms with E-state index in [1.165, 1.54) is 0 Å². The van der Waals surface area contributed by atoms with Gasteiger partial charge in [-0.2, -0.15) is 0 Å². The van der Waals surface area contributed by atoms with Gasteiger partial charge in [0.2, 0.25) is 5.91 Å².